The van der Waals surface area contributed by atoms with Gasteiger partial charge in [-0.3, -0.25) is 0 Å². The van der Waals surface area contributed by atoms with Gasteiger partial charge in [-0.1, -0.05) is 27.2 Å². The molecule has 4 aliphatic carbocycles. The standard InChI is InChI=1S/C21H36O2/c1-4-14-6-8-17-16-7-5-15-13-21(22,23)12-11-20(15,3)18(16)9-10-19(14,17)2/h14-18,22-23H,4-13H2,1-3H3/t14-,15-,16-,17-,18-,19-,20-/m0/s1. The monoisotopic (exact) mass is 320 g/mol. The summed E-state index contributed by atoms with van der Waals surface area (Å²) in [5.41, 5.74) is 0.967. The van der Waals surface area contributed by atoms with E-state index in [1.165, 1.54) is 44.9 Å². The fourth-order valence-electron chi connectivity index (χ4n) is 8.01. The van der Waals surface area contributed by atoms with Crippen LogP contribution in [0.15, 0.2) is 0 Å². The molecule has 7 atom stereocenters. The van der Waals surface area contributed by atoms with Crippen LogP contribution in [0.5, 0.6) is 0 Å². The molecule has 2 N–H and O–H groups in total. The number of hydrogen-bond acceptors (Lipinski definition) is 2. The summed E-state index contributed by atoms with van der Waals surface area (Å²) < 4.78 is 0. The average Bonchev–Trinajstić information content (AvgIpc) is 2.84. The van der Waals surface area contributed by atoms with Gasteiger partial charge < -0.3 is 10.2 Å². The molecule has 2 heteroatoms. The predicted octanol–water partition coefficient (Wildman–Crippen LogP) is 4.74. The van der Waals surface area contributed by atoms with Crippen LogP contribution in [0.2, 0.25) is 0 Å². The van der Waals surface area contributed by atoms with E-state index in [9.17, 15) is 10.2 Å². The molecule has 0 amide bonds. The molecular weight excluding hydrogens is 284 g/mol. The van der Waals surface area contributed by atoms with E-state index in [0.717, 1.165) is 30.1 Å². The van der Waals surface area contributed by atoms with Gasteiger partial charge in [0.1, 0.15) is 0 Å². The van der Waals surface area contributed by atoms with Gasteiger partial charge >= 0.3 is 0 Å². The Morgan fingerprint density at radius 2 is 1.57 bits per heavy atom. The summed E-state index contributed by atoms with van der Waals surface area (Å²) >= 11 is 0. The van der Waals surface area contributed by atoms with Crippen molar-refractivity contribution in [2.45, 2.75) is 90.8 Å². The third-order valence-corrected chi connectivity index (χ3v) is 9.39. The van der Waals surface area contributed by atoms with Crippen LogP contribution in [0.3, 0.4) is 0 Å². The van der Waals surface area contributed by atoms with E-state index in [1.54, 1.807) is 0 Å². The van der Waals surface area contributed by atoms with Crippen molar-refractivity contribution in [3.63, 3.8) is 0 Å². The van der Waals surface area contributed by atoms with E-state index < -0.39 is 5.79 Å². The number of fused-ring (bicyclic) bond motifs is 5. The topological polar surface area (TPSA) is 40.5 Å². The van der Waals surface area contributed by atoms with Crippen LogP contribution in [0.25, 0.3) is 0 Å². The van der Waals surface area contributed by atoms with Gasteiger partial charge in [0.05, 0.1) is 0 Å². The van der Waals surface area contributed by atoms with Crippen molar-refractivity contribution in [3.05, 3.63) is 0 Å². The van der Waals surface area contributed by atoms with Crippen LogP contribution in [0.1, 0.15) is 85.0 Å². The molecule has 0 radical (unpaired) electrons. The maximum Gasteiger partial charge on any atom is 0.162 e. The third kappa shape index (κ3) is 2.27. The molecule has 0 unspecified atom stereocenters. The van der Waals surface area contributed by atoms with Crippen LogP contribution in [0, 0.1) is 40.4 Å². The normalized spacial score (nSPS) is 54.9. The highest BCUT2D eigenvalue weighted by atomic mass is 16.5. The molecule has 4 aliphatic rings. The number of hydrogen-bond donors (Lipinski definition) is 2. The lowest BCUT2D eigenvalue weighted by Gasteiger charge is -2.61. The van der Waals surface area contributed by atoms with E-state index in [-0.39, 0.29) is 0 Å². The molecule has 0 aromatic rings. The van der Waals surface area contributed by atoms with Crippen molar-refractivity contribution >= 4 is 0 Å². The van der Waals surface area contributed by atoms with Gasteiger partial charge in [-0.2, -0.15) is 0 Å². The summed E-state index contributed by atoms with van der Waals surface area (Å²) in [7, 11) is 0. The van der Waals surface area contributed by atoms with Crippen molar-refractivity contribution < 1.29 is 10.2 Å². The first-order chi connectivity index (χ1) is 10.8. The van der Waals surface area contributed by atoms with Gasteiger partial charge in [-0.15, -0.1) is 0 Å². The van der Waals surface area contributed by atoms with E-state index in [0.29, 0.717) is 29.6 Å². The first kappa shape index (κ1) is 16.4. The van der Waals surface area contributed by atoms with E-state index in [4.69, 9.17) is 0 Å². The first-order valence-electron chi connectivity index (χ1n) is 10.2. The lowest BCUT2D eigenvalue weighted by atomic mass is 9.44. The van der Waals surface area contributed by atoms with Crippen molar-refractivity contribution in [2.24, 2.45) is 40.4 Å². The van der Waals surface area contributed by atoms with Crippen LogP contribution in [-0.2, 0) is 0 Å². The Bertz CT molecular complexity index is 472. The summed E-state index contributed by atoms with van der Waals surface area (Å²) in [4.78, 5) is 0. The summed E-state index contributed by atoms with van der Waals surface area (Å²) in [5, 5.41) is 20.3. The van der Waals surface area contributed by atoms with Crippen molar-refractivity contribution in [3.8, 4) is 0 Å². The van der Waals surface area contributed by atoms with Crippen LogP contribution in [0.4, 0.5) is 0 Å². The molecular formula is C21H36O2. The Kier molecular flexibility index (Phi) is 3.71. The van der Waals surface area contributed by atoms with E-state index in [2.05, 4.69) is 20.8 Å². The summed E-state index contributed by atoms with van der Waals surface area (Å²) in [6.45, 7) is 7.50. The smallest absolute Gasteiger partial charge is 0.162 e. The predicted molar refractivity (Wildman–Crippen MR) is 92.7 cm³/mol. The van der Waals surface area contributed by atoms with Gasteiger partial charge in [0.25, 0.3) is 0 Å². The van der Waals surface area contributed by atoms with Crippen LogP contribution in [-0.4, -0.2) is 16.0 Å². The minimum absolute atomic E-state index is 0.365. The molecule has 0 heterocycles. The molecule has 4 fully saturated rings. The number of aliphatic hydroxyl groups is 2. The highest BCUT2D eigenvalue weighted by molar-refractivity contribution is 5.09. The molecule has 2 nitrogen and oxygen atoms in total. The molecule has 23 heavy (non-hydrogen) atoms. The number of rotatable bonds is 1. The maximum absolute atomic E-state index is 10.1. The maximum atomic E-state index is 10.1. The molecule has 0 saturated heterocycles. The van der Waals surface area contributed by atoms with E-state index in [1.807, 2.05) is 0 Å². The fourth-order valence-corrected chi connectivity index (χ4v) is 8.01. The second-order valence-corrected chi connectivity index (χ2v) is 10.1. The molecule has 0 bridgehead atoms. The summed E-state index contributed by atoms with van der Waals surface area (Å²) in [5.74, 6) is 2.79. The Morgan fingerprint density at radius 1 is 0.826 bits per heavy atom. The highest BCUT2D eigenvalue weighted by Crippen LogP contribution is 2.68. The van der Waals surface area contributed by atoms with Gasteiger partial charge in [0.15, 0.2) is 5.79 Å². The molecule has 0 aliphatic heterocycles. The van der Waals surface area contributed by atoms with Crippen molar-refractivity contribution in [1.29, 1.82) is 0 Å². The minimum atomic E-state index is -1.39. The summed E-state index contributed by atoms with van der Waals surface area (Å²) in [6.07, 6.45) is 11.9. The molecule has 4 saturated carbocycles. The second kappa shape index (κ2) is 5.21. The highest BCUT2D eigenvalue weighted by Gasteiger charge is 2.60. The zero-order valence-corrected chi connectivity index (χ0v) is 15.4. The van der Waals surface area contributed by atoms with Gasteiger partial charge in [0.2, 0.25) is 0 Å². The molecule has 0 spiro atoms. The average molecular weight is 321 g/mol. The van der Waals surface area contributed by atoms with Gasteiger partial charge in [-0.25, -0.2) is 0 Å². The molecule has 0 aromatic carbocycles. The summed E-state index contributed by atoms with van der Waals surface area (Å²) in [6, 6.07) is 0. The van der Waals surface area contributed by atoms with Gasteiger partial charge in [0, 0.05) is 12.8 Å². The SMILES string of the molecule is CC[C@H]1CC[C@H]2[C@@H]3CC[C@H]4CC(O)(O)CC[C@]4(C)[C@H]3CC[C@@]12C. The Hall–Kier alpha value is -0.0800. The second-order valence-electron chi connectivity index (χ2n) is 10.1. The lowest BCUT2D eigenvalue weighted by Crippen LogP contribution is -2.55. The Balaban J connectivity index is 1.60. The zero-order chi connectivity index (χ0) is 16.5. The Morgan fingerprint density at radius 3 is 2.30 bits per heavy atom. The van der Waals surface area contributed by atoms with Gasteiger partial charge in [-0.05, 0) is 85.4 Å². The van der Waals surface area contributed by atoms with Crippen LogP contribution < -0.4 is 0 Å². The quantitative estimate of drug-likeness (QED) is 0.685. The van der Waals surface area contributed by atoms with Crippen molar-refractivity contribution in [2.75, 3.05) is 0 Å². The van der Waals surface area contributed by atoms with E-state index >= 15 is 0 Å². The molecule has 132 valence electrons. The minimum Gasteiger partial charge on any atom is -0.366 e. The van der Waals surface area contributed by atoms with Crippen molar-refractivity contribution in [1.82, 2.24) is 0 Å². The Labute approximate surface area is 142 Å². The fraction of sp³-hybridized carbons (Fsp3) is 1.00. The largest absolute Gasteiger partial charge is 0.366 e. The van der Waals surface area contributed by atoms with Crippen LogP contribution >= 0.6 is 0 Å². The molecule has 0 aromatic heterocycles. The zero-order valence-electron chi connectivity index (χ0n) is 15.4. The first-order valence-corrected chi connectivity index (χ1v) is 10.2. The lowest BCUT2D eigenvalue weighted by molar-refractivity contribution is -0.233. The molecule has 4 rings (SSSR count). The third-order valence-electron chi connectivity index (χ3n) is 9.39.